The number of benzene rings is 1. The van der Waals surface area contributed by atoms with Crippen LogP contribution in [0.25, 0.3) is 0 Å². The molecule has 20 heavy (non-hydrogen) atoms. The minimum absolute atomic E-state index is 0.138. The Morgan fingerprint density at radius 3 is 3.00 bits per heavy atom. The van der Waals surface area contributed by atoms with E-state index in [1.807, 2.05) is 6.07 Å². The van der Waals surface area contributed by atoms with E-state index in [2.05, 4.69) is 5.32 Å². The quantitative estimate of drug-likeness (QED) is 0.924. The lowest BCUT2D eigenvalue weighted by atomic mass is 9.89. The van der Waals surface area contributed by atoms with Crippen LogP contribution in [0.5, 0.6) is 5.75 Å². The van der Waals surface area contributed by atoms with Crippen LogP contribution in [0.2, 0.25) is 0 Å². The molecular formula is C15H20FNO3. The molecule has 0 aliphatic carbocycles. The van der Waals surface area contributed by atoms with Gasteiger partial charge in [-0.05, 0) is 25.0 Å². The molecular weight excluding hydrogens is 261 g/mol. The molecule has 1 spiro atoms. The van der Waals surface area contributed by atoms with Gasteiger partial charge >= 0.3 is 0 Å². The molecule has 2 aliphatic rings. The lowest BCUT2D eigenvalue weighted by molar-refractivity contribution is -0.0828. The van der Waals surface area contributed by atoms with Gasteiger partial charge in [0.1, 0.15) is 0 Å². The van der Waals surface area contributed by atoms with Crippen LogP contribution in [0.4, 0.5) is 10.1 Å². The van der Waals surface area contributed by atoms with Crippen LogP contribution in [0.15, 0.2) is 18.2 Å². The van der Waals surface area contributed by atoms with Gasteiger partial charge in [-0.25, -0.2) is 4.39 Å². The van der Waals surface area contributed by atoms with E-state index in [1.165, 1.54) is 13.2 Å². The first-order valence-electron chi connectivity index (χ1n) is 7.03. The molecule has 0 radical (unpaired) electrons. The number of ether oxygens (including phenoxy) is 3. The second-order valence-electron chi connectivity index (χ2n) is 5.52. The summed E-state index contributed by atoms with van der Waals surface area (Å²) in [6.45, 7) is 2.16. The molecule has 110 valence electrons. The summed E-state index contributed by atoms with van der Waals surface area (Å²) in [6.07, 6.45) is 2.78. The standard InChI is InChI=1S/C15H20FNO3/c1-18-14-3-2-11(8-13(14)16)17-12-4-6-20-15(9-12)5-7-19-10-15/h2-3,8,12,17H,4-7,9-10H2,1H3. The summed E-state index contributed by atoms with van der Waals surface area (Å²) in [5, 5.41) is 3.39. The highest BCUT2D eigenvalue weighted by Crippen LogP contribution is 2.34. The smallest absolute Gasteiger partial charge is 0.167 e. The van der Waals surface area contributed by atoms with Crippen LogP contribution >= 0.6 is 0 Å². The van der Waals surface area contributed by atoms with E-state index in [9.17, 15) is 4.39 Å². The molecule has 1 N–H and O–H groups in total. The minimum Gasteiger partial charge on any atom is -0.494 e. The van der Waals surface area contributed by atoms with Crippen molar-refractivity contribution in [1.29, 1.82) is 0 Å². The van der Waals surface area contributed by atoms with E-state index in [-0.39, 0.29) is 17.2 Å². The van der Waals surface area contributed by atoms with Crippen molar-refractivity contribution < 1.29 is 18.6 Å². The Bertz CT molecular complexity index is 474. The Morgan fingerprint density at radius 2 is 2.30 bits per heavy atom. The zero-order chi connectivity index (χ0) is 14.0. The third-order valence-corrected chi connectivity index (χ3v) is 4.08. The molecule has 2 heterocycles. The van der Waals surface area contributed by atoms with Crippen LogP contribution < -0.4 is 10.1 Å². The van der Waals surface area contributed by atoms with Crippen molar-refractivity contribution in [3.8, 4) is 5.75 Å². The summed E-state index contributed by atoms with van der Waals surface area (Å²) < 4.78 is 30.0. The topological polar surface area (TPSA) is 39.7 Å². The molecule has 2 saturated heterocycles. The van der Waals surface area contributed by atoms with Crippen molar-refractivity contribution in [3.63, 3.8) is 0 Å². The lowest BCUT2D eigenvalue weighted by Crippen LogP contribution is -2.44. The number of hydrogen-bond donors (Lipinski definition) is 1. The van der Waals surface area contributed by atoms with E-state index in [1.54, 1.807) is 6.07 Å². The third-order valence-electron chi connectivity index (χ3n) is 4.08. The first-order chi connectivity index (χ1) is 9.71. The molecule has 0 saturated carbocycles. The molecule has 0 bridgehead atoms. The fraction of sp³-hybridized carbons (Fsp3) is 0.600. The van der Waals surface area contributed by atoms with Gasteiger partial charge in [0.2, 0.25) is 0 Å². The highest BCUT2D eigenvalue weighted by atomic mass is 19.1. The summed E-state index contributed by atoms with van der Waals surface area (Å²) >= 11 is 0. The van der Waals surface area contributed by atoms with Gasteiger partial charge in [-0.1, -0.05) is 0 Å². The van der Waals surface area contributed by atoms with Crippen molar-refractivity contribution in [3.05, 3.63) is 24.0 Å². The van der Waals surface area contributed by atoms with Crippen molar-refractivity contribution in [2.45, 2.75) is 30.9 Å². The summed E-state index contributed by atoms with van der Waals surface area (Å²) in [6, 6.07) is 5.26. The number of halogens is 1. The van der Waals surface area contributed by atoms with E-state index in [0.29, 0.717) is 12.6 Å². The largest absolute Gasteiger partial charge is 0.494 e. The number of nitrogens with one attached hydrogen (secondary N) is 1. The molecule has 1 aromatic rings. The fourth-order valence-electron chi connectivity index (χ4n) is 3.01. The zero-order valence-electron chi connectivity index (χ0n) is 11.7. The Hall–Kier alpha value is -1.33. The first kappa shape index (κ1) is 13.6. The number of methoxy groups -OCH3 is 1. The molecule has 4 nitrogen and oxygen atoms in total. The van der Waals surface area contributed by atoms with Crippen LogP contribution in [-0.4, -0.2) is 38.6 Å². The lowest BCUT2D eigenvalue weighted by Gasteiger charge is -2.37. The SMILES string of the molecule is COc1ccc(NC2CCOC3(CCOC3)C2)cc1F. The average Bonchev–Trinajstić information content (AvgIpc) is 2.87. The summed E-state index contributed by atoms with van der Waals surface area (Å²) in [5.41, 5.74) is 0.644. The molecule has 2 atom stereocenters. The predicted molar refractivity (Wildman–Crippen MR) is 73.7 cm³/mol. The third kappa shape index (κ3) is 2.74. The molecule has 3 rings (SSSR count). The molecule has 2 aliphatic heterocycles. The Labute approximate surface area is 118 Å². The second-order valence-corrected chi connectivity index (χ2v) is 5.52. The first-order valence-corrected chi connectivity index (χ1v) is 7.03. The van der Waals surface area contributed by atoms with Crippen LogP contribution in [0.3, 0.4) is 0 Å². The van der Waals surface area contributed by atoms with Gasteiger partial charge in [0.15, 0.2) is 11.6 Å². The maximum atomic E-state index is 13.7. The number of rotatable bonds is 3. The molecule has 0 amide bonds. The molecule has 0 aromatic heterocycles. The van der Waals surface area contributed by atoms with Gasteiger partial charge < -0.3 is 19.5 Å². The van der Waals surface area contributed by atoms with Gasteiger partial charge in [0.05, 0.1) is 19.3 Å². The highest BCUT2D eigenvalue weighted by Gasteiger charge is 2.40. The zero-order valence-corrected chi connectivity index (χ0v) is 11.7. The van der Waals surface area contributed by atoms with Crippen LogP contribution in [0, 0.1) is 5.82 Å². The summed E-state index contributed by atoms with van der Waals surface area (Å²) in [7, 11) is 1.47. The maximum absolute atomic E-state index is 13.7. The van der Waals surface area contributed by atoms with E-state index in [4.69, 9.17) is 14.2 Å². The minimum atomic E-state index is -0.344. The number of anilines is 1. The Kier molecular flexibility index (Phi) is 3.81. The fourth-order valence-corrected chi connectivity index (χ4v) is 3.01. The molecule has 2 fully saturated rings. The second kappa shape index (κ2) is 5.58. The predicted octanol–water partition coefficient (Wildman–Crippen LogP) is 2.58. The van der Waals surface area contributed by atoms with Gasteiger partial charge in [-0.2, -0.15) is 0 Å². The van der Waals surface area contributed by atoms with Gasteiger partial charge in [-0.3, -0.25) is 0 Å². The highest BCUT2D eigenvalue weighted by molar-refractivity contribution is 5.48. The monoisotopic (exact) mass is 281 g/mol. The van der Waals surface area contributed by atoms with Crippen molar-refractivity contribution >= 4 is 5.69 Å². The van der Waals surface area contributed by atoms with Crippen molar-refractivity contribution in [2.24, 2.45) is 0 Å². The van der Waals surface area contributed by atoms with Crippen LogP contribution in [-0.2, 0) is 9.47 Å². The van der Waals surface area contributed by atoms with Crippen molar-refractivity contribution in [2.75, 3.05) is 32.2 Å². The number of hydrogen-bond acceptors (Lipinski definition) is 4. The maximum Gasteiger partial charge on any atom is 0.167 e. The van der Waals surface area contributed by atoms with Gasteiger partial charge in [-0.15, -0.1) is 0 Å². The summed E-state index contributed by atoms with van der Waals surface area (Å²) in [5.74, 6) is -0.0772. The Morgan fingerprint density at radius 1 is 1.40 bits per heavy atom. The van der Waals surface area contributed by atoms with E-state index < -0.39 is 0 Å². The molecule has 2 unspecified atom stereocenters. The molecule has 5 heteroatoms. The Balaban J connectivity index is 1.66. The van der Waals surface area contributed by atoms with E-state index >= 15 is 0 Å². The summed E-state index contributed by atoms with van der Waals surface area (Å²) in [4.78, 5) is 0. The van der Waals surface area contributed by atoms with Gasteiger partial charge in [0.25, 0.3) is 0 Å². The van der Waals surface area contributed by atoms with E-state index in [0.717, 1.165) is 38.2 Å². The van der Waals surface area contributed by atoms with Crippen LogP contribution in [0.1, 0.15) is 19.3 Å². The molecule has 1 aromatic carbocycles. The van der Waals surface area contributed by atoms with Crippen molar-refractivity contribution in [1.82, 2.24) is 0 Å². The average molecular weight is 281 g/mol. The van der Waals surface area contributed by atoms with Gasteiger partial charge in [0, 0.05) is 37.4 Å². The normalized spacial score (nSPS) is 29.6.